The topological polar surface area (TPSA) is 58.9 Å². The summed E-state index contributed by atoms with van der Waals surface area (Å²) in [5.41, 5.74) is 0.248. The molecule has 0 aliphatic heterocycles. The fourth-order valence-corrected chi connectivity index (χ4v) is 2.28. The van der Waals surface area contributed by atoms with E-state index in [1.807, 2.05) is 6.92 Å². The molecule has 0 saturated carbocycles. The minimum absolute atomic E-state index is 0.163. The molecular formula is C15H32O4. The Balaban J connectivity index is 3.77. The molecule has 3 unspecified atom stereocenters. The van der Waals surface area contributed by atoms with Crippen LogP contribution in [0.3, 0.4) is 0 Å². The molecule has 0 aromatic carbocycles. The average molecular weight is 276 g/mol. The molecule has 116 valence electrons. The van der Waals surface area contributed by atoms with E-state index in [1.54, 1.807) is 0 Å². The molecule has 4 nitrogen and oxygen atoms in total. The highest BCUT2D eigenvalue weighted by Crippen LogP contribution is 2.27. The first-order valence-corrected chi connectivity index (χ1v) is 7.28. The van der Waals surface area contributed by atoms with E-state index in [-0.39, 0.29) is 12.0 Å². The Morgan fingerprint density at radius 2 is 1.58 bits per heavy atom. The second kappa shape index (κ2) is 9.70. The van der Waals surface area contributed by atoms with E-state index >= 15 is 0 Å². The molecule has 0 spiro atoms. The first kappa shape index (κ1) is 18.8. The number of hydrogen-bond donors (Lipinski definition) is 2. The van der Waals surface area contributed by atoms with Gasteiger partial charge in [-0.2, -0.15) is 0 Å². The van der Waals surface area contributed by atoms with Crippen LogP contribution in [0.15, 0.2) is 0 Å². The van der Waals surface area contributed by atoms with E-state index < -0.39 is 12.2 Å². The fourth-order valence-electron chi connectivity index (χ4n) is 2.28. The lowest BCUT2D eigenvalue weighted by atomic mass is 9.83. The molecule has 2 N–H and O–H groups in total. The lowest BCUT2D eigenvalue weighted by Gasteiger charge is -2.26. The molecule has 0 amide bonds. The third-order valence-corrected chi connectivity index (χ3v) is 2.91. The zero-order chi connectivity index (χ0) is 14.9. The van der Waals surface area contributed by atoms with E-state index in [0.717, 1.165) is 6.42 Å². The maximum Gasteiger partial charge on any atom is 0.103 e. The maximum atomic E-state index is 9.93. The van der Waals surface area contributed by atoms with Gasteiger partial charge in [-0.15, -0.1) is 0 Å². The van der Waals surface area contributed by atoms with E-state index in [0.29, 0.717) is 32.2 Å². The summed E-state index contributed by atoms with van der Waals surface area (Å²) in [6.45, 7) is 12.4. The first-order chi connectivity index (χ1) is 8.76. The van der Waals surface area contributed by atoms with E-state index in [1.165, 1.54) is 0 Å². The molecule has 0 rings (SSSR count). The van der Waals surface area contributed by atoms with Crippen molar-refractivity contribution in [1.82, 2.24) is 0 Å². The molecular weight excluding hydrogens is 244 g/mol. The van der Waals surface area contributed by atoms with Crippen LogP contribution in [0.4, 0.5) is 0 Å². The Morgan fingerprint density at radius 3 is 2.11 bits per heavy atom. The molecule has 0 saturated heterocycles. The van der Waals surface area contributed by atoms with Crippen LogP contribution in [0.1, 0.15) is 47.5 Å². The molecule has 0 bridgehead atoms. The predicted molar refractivity (Wildman–Crippen MR) is 77.2 cm³/mol. The molecule has 0 aliphatic carbocycles. The van der Waals surface area contributed by atoms with E-state index in [2.05, 4.69) is 27.7 Å². The molecule has 3 atom stereocenters. The van der Waals surface area contributed by atoms with Crippen molar-refractivity contribution in [2.24, 2.45) is 11.3 Å². The summed E-state index contributed by atoms with van der Waals surface area (Å²) in [5.74, 6) is 0.382. The first-order valence-electron chi connectivity index (χ1n) is 7.28. The van der Waals surface area contributed by atoms with Crippen LogP contribution in [-0.2, 0) is 9.47 Å². The van der Waals surface area contributed by atoms with Crippen molar-refractivity contribution in [3.63, 3.8) is 0 Å². The van der Waals surface area contributed by atoms with Crippen molar-refractivity contribution in [1.29, 1.82) is 0 Å². The Kier molecular flexibility index (Phi) is 9.62. The Hall–Kier alpha value is -0.160. The van der Waals surface area contributed by atoms with Gasteiger partial charge in [-0.05, 0) is 31.1 Å². The molecule has 4 heteroatoms. The molecule has 0 aromatic rings. The van der Waals surface area contributed by atoms with Crippen LogP contribution in [-0.4, -0.2) is 48.8 Å². The van der Waals surface area contributed by atoms with Crippen LogP contribution in [0, 0.1) is 11.3 Å². The predicted octanol–water partition coefficient (Wildman–Crippen LogP) is 2.22. The number of aliphatic hydroxyl groups excluding tert-OH is 2. The van der Waals surface area contributed by atoms with Crippen molar-refractivity contribution in [3.8, 4) is 0 Å². The molecule has 19 heavy (non-hydrogen) atoms. The van der Waals surface area contributed by atoms with Crippen molar-refractivity contribution in [3.05, 3.63) is 0 Å². The molecule has 0 heterocycles. The summed E-state index contributed by atoms with van der Waals surface area (Å²) in [6, 6.07) is 0. The van der Waals surface area contributed by atoms with Crippen LogP contribution < -0.4 is 0 Å². The largest absolute Gasteiger partial charge is 0.390 e. The monoisotopic (exact) mass is 276 g/mol. The summed E-state index contributed by atoms with van der Waals surface area (Å²) in [4.78, 5) is 0. The van der Waals surface area contributed by atoms with Crippen LogP contribution in [0.2, 0.25) is 0 Å². The summed E-state index contributed by atoms with van der Waals surface area (Å²) < 4.78 is 10.4. The van der Waals surface area contributed by atoms with Gasteiger partial charge in [0.1, 0.15) is 6.10 Å². The van der Waals surface area contributed by atoms with Crippen LogP contribution in [0.5, 0.6) is 0 Å². The smallest absolute Gasteiger partial charge is 0.103 e. The van der Waals surface area contributed by atoms with Crippen molar-refractivity contribution >= 4 is 0 Å². The number of hydrogen-bond acceptors (Lipinski definition) is 4. The van der Waals surface area contributed by atoms with Gasteiger partial charge >= 0.3 is 0 Å². The van der Waals surface area contributed by atoms with Crippen molar-refractivity contribution in [2.45, 2.75) is 59.7 Å². The molecule has 0 fully saturated rings. The minimum atomic E-state index is -0.816. The number of rotatable bonds is 10. The standard InChI is InChI=1S/C15H32O4/c1-6-18-7-8-19-11-14(17)13(16)9-12(2)10-15(3,4)5/h12-14,16-17H,6-11H2,1-5H3. The van der Waals surface area contributed by atoms with Gasteiger partial charge in [-0.1, -0.05) is 27.7 Å². The fraction of sp³-hybridized carbons (Fsp3) is 1.00. The molecule has 0 radical (unpaired) electrons. The third kappa shape index (κ3) is 11.4. The minimum Gasteiger partial charge on any atom is -0.390 e. The molecule has 0 aromatic heterocycles. The van der Waals surface area contributed by atoms with Gasteiger partial charge in [0.05, 0.1) is 25.9 Å². The molecule has 0 aliphatic rings. The van der Waals surface area contributed by atoms with Gasteiger partial charge in [0.2, 0.25) is 0 Å². The Labute approximate surface area is 118 Å². The van der Waals surface area contributed by atoms with Crippen LogP contribution >= 0.6 is 0 Å². The summed E-state index contributed by atoms with van der Waals surface area (Å²) in [5, 5.41) is 19.7. The second-order valence-corrected chi connectivity index (χ2v) is 6.51. The SMILES string of the molecule is CCOCCOCC(O)C(O)CC(C)CC(C)(C)C. The van der Waals surface area contributed by atoms with Gasteiger partial charge in [-0.3, -0.25) is 0 Å². The number of ether oxygens (including phenoxy) is 2. The lowest BCUT2D eigenvalue weighted by molar-refractivity contribution is -0.0552. The third-order valence-electron chi connectivity index (χ3n) is 2.91. The maximum absolute atomic E-state index is 9.93. The quantitative estimate of drug-likeness (QED) is 0.601. The second-order valence-electron chi connectivity index (χ2n) is 6.51. The highest BCUT2D eigenvalue weighted by molar-refractivity contribution is 4.73. The van der Waals surface area contributed by atoms with Gasteiger partial charge < -0.3 is 19.7 Å². The highest BCUT2D eigenvalue weighted by Gasteiger charge is 2.22. The zero-order valence-corrected chi connectivity index (χ0v) is 13.2. The van der Waals surface area contributed by atoms with Gasteiger partial charge in [0.15, 0.2) is 0 Å². The Morgan fingerprint density at radius 1 is 1.00 bits per heavy atom. The lowest BCUT2D eigenvalue weighted by Crippen LogP contribution is -2.33. The summed E-state index contributed by atoms with van der Waals surface area (Å²) in [6.07, 6.45) is 0.100. The Bertz CT molecular complexity index is 213. The van der Waals surface area contributed by atoms with Gasteiger partial charge in [-0.25, -0.2) is 0 Å². The highest BCUT2D eigenvalue weighted by atomic mass is 16.5. The average Bonchev–Trinajstić information content (AvgIpc) is 2.25. The number of aliphatic hydroxyl groups is 2. The van der Waals surface area contributed by atoms with E-state index in [9.17, 15) is 10.2 Å². The summed E-state index contributed by atoms with van der Waals surface area (Å²) in [7, 11) is 0. The van der Waals surface area contributed by atoms with Gasteiger partial charge in [0.25, 0.3) is 0 Å². The van der Waals surface area contributed by atoms with Gasteiger partial charge in [0, 0.05) is 6.61 Å². The summed E-state index contributed by atoms with van der Waals surface area (Å²) >= 11 is 0. The van der Waals surface area contributed by atoms with E-state index in [4.69, 9.17) is 9.47 Å². The zero-order valence-electron chi connectivity index (χ0n) is 13.2. The van der Waals surface area contributed by atoms with Crippen LogP contribution in [0.25, 0.3) is 0 Å². The van der Waals surface area contributed by atoms with Crippen molar-refractivity contribution < 1.29 is 19.7 Å². The normalized spacial score (nSPS) is 17.2. The van der Waals surface area contributed by atoms with Crippen molar-refractivity contribution in [2.75, 3.05) is 26.4 Å².